The maximum atomic E-state index is 12.9. The van der Waals surface area contributed by atoms with Gasteiger partial charge in [-0.2, -0.15) is 18.3 Å². The van der Waals surface area contributed by atoms with Gasteiger partial charge in [-0.05, 0) is 30.7 Å². The Bertz CT molecular complexity index is 935. The summed E-state index contributed by atoms with van der Waals surface area (Å²) in [6.45, 7) is 4.36. The zero-order chi connectivity index (χ0) is 22.6. The van der Waals surface area contributed by atoms with Crippen molar-refractivity contribution < 1.29 is 22.7 Å². The molecule has 1 atom stereocenters. The largest absolute Gasteiger partial charge is 0.416 e. The van der Waals surface area contributed by atoms with Crippen LogP contribution in [0.5, 0.6) is 0 Å². The molecular weight excluding hydrogens is 433 g/mol. The number of alkyl halides is 3. The van der Waals surface area contributed by atoms with Gasteiger partial charge in [-0.15, -0.1) is 0 Å². The Balaban J connectivity index is 1.71. The number of amides is 1. The minimum atomic E-state index is -4.39. The smallest absolute Gasteiger partial charge is 0.379 e. The van der Waals surface area contributed by atoms with Crippen LogP contribution in [-0.2, 0) is 22.8 Å². The van der Waals surface area contributed by atoms with Crippen LogP contribution >= 0.6 is 11.6 Å². The molecule has 1 saturated heterocycles. The Hall–Kier alpha value is -2.36. The van der Waals surface area contributed by atoms with Crippen LogP contribution in [0.3, 0.4) is 0 Å². The third kappa shape index (κ3) is 5.87. The van der Waals surface area contributed by atoms with E-state index in [9.17, 15) is 18.0 Å². The first kappa shape index (κ1) is 23.3. The quantitative estimate of drug-likeness (QED) is 0.675. The fourth-order valence-corrected chi connectivity index (χ4v) is 3.73. The number of aryl methyl sites for hydroxylation is 2. The standard InChI is InChI=1S/C21H24ClF3N4O2/c1-14-17(20(22)28(2)27-14)7-8-19(30)26-13-18(29-9-11-31-12-10-29)15-3-5-16(6-4-15)21(23,24)25/h3-8,18H,9-13H2,1-2H3,(H,26,30)/b8-7+/t18-/m1/s1. The molecule has 2 heterocycles. The molecule has 1 aromatic carbocycles. The molecule has 2 aromatic rings. The van der Waals surface area contributed by atoms with Crippen LogP contribution in [0.4, 0.5) is 13.2 Å². The second-order valence-corrected chi connectivity index (χ2v) is 7.63. The summed E-state index contributed by atoms with van der Waals surface area (Å²) >= 11 is 6.17. The Morgan fingerprint density at radius 2 is 1.94 bits per heavy atom. The number of hydrogen-bond donors (Lipinski definition) is 1. The average Bonchev–Trinajstić information content (AvgIpc) is 2.98. The molecule has 1 aliphatic heterocycles. The highest BCUT2D eigenvalue weighted by Gasteiger charge is 2.31. The van der Waals surface area contributed by atoms with Crippen LogP contribution in [0.25, 0.3) is 6.08 Å². The number of hydrogen-bond acceptors (Lipinski definition) is 4. The summed E-state index contributed by atoms with van der Waals surface area (Å²) < 4.78 is 45.6. The maximum absolute atomic E-state index is 12.9. The summed E-state index contributed by atoms with van der Waals surface area (Å²) in [4.78, 5) is 14.5. The number of aromatic nitrogens is 2. The molecule has 1 aromatic heterocycles. The van der Waals surface area contributed by atoms with Gasteiger partial charge in [0.1, 0.15) is 5.15 Å². The summed E-state index contributed by atoms with van der Waals surface area (Å²) in [5, 5.41) is 7.46. The van der Waals surface area contributed by atoms with Crippen molar-refractivity contribution >= 4 is 23.6 Å². The van der Waals surface area contributed by atoms with Gasteiger partial charge in [0.05, 0.1) is 30.5 Å². The molecule has 0 radical (unpaired) electrons. The minimum Gasteiger partial charge on any atom is -0.379 e. The molecule has 3 rings (SSSR count). The Kier molecular flexibility index (Phi) is 7.40. The molecule has 0 bridgehead atoms. The summed E-state index contributed by atoms with van der Waals surface area (Å²) in [5.41, 5.74) is 1.36. The first-order chi connectivity index (χ1) is 14.7. The van der Waals surface area contributed by atoms with E-state index in [1.54, 1.807) is 20.0 Å². The van der Waals surface area contributed by atoms with Crippen LogP contribution in [0.15, 0.2) is 30.3 Å². The van der Waals surface area contributed by atoms with Crippen molar-refractivity contribution in [3.63, 3.8) is 0 Å². The highest BCUT2D eigenvalue weighted by Crippen LogP contribution is 2.31. The van der Waals surface area contributed by atoms with Gasteiger partial charge in [-0.25, -0.2) is 0 Å². The normalized spacial score (nSPS) is 16.6. The number of carbonyl (C=O) groups is 1. The Morgan fingerprint density at radius 3 is 2.48 bits per heavy atom. The van der Waals surface area contributed by atoms with Crippen LogP contribution < -0.4 is 5.32 Å². The van der Waals surface area contributed by atoms with Crippen molar-refractivity contribution in [1.82, 2.24) is 20.0 Å². The molecule has 1 amide bonds. The highest BCUT2D eigenvalue weighted by molar-refractivity contribution is 6.31. The summed E-state index contributed by atoms with van der Waals surface area (Å²) in [6, 6.07) is 4.79. The van der Waals surface area contributed by atoms with E-state index >= 15 is 0 Å². The molecule has 1 aliphatic rings. The molecule has 31 heavy (non-hydrogen) atoms. The number of carbonyl (C=O) groups excluding carboxylic acids is 1. The number of ether oxygens (including phenoxy) is 1. The molecule has 0 saturated carbocycles. The molecule has 6 nitrogen and oxygen atoms in total. The summed E-state index contributed by atoms with van der Waals surface area (Å²) in [7, 11) is 1.71. The molecule has 1 N–H and O–H groups in total. The van der Waals surface area contributed by atoms with Crippen molar-refractivity contribution in [3.8, 4) is 0 Å². The van der Waals surface area contributed by atoms with E-state index in [4.69, 9.17) is 16.3 Å². The molecule has 10 heteroatoms. The molecular formula is C21H24ClF3N4O2. The van der Waals surface area contributed by atoms with E-state index in [2.05, 4.69) is 15.3 Å². The first-order valence-electron chi connectivity index (χ1n) is 9.81. The van der Waals surface area contributed by atoms with Crippen LogP contribution in [0.1, 0.15) is 28.4 Å². The third-order valence-electron chi connectivity index (χ3n) is 5.18. The second-order valence-electron chi connectivity index (χ2n) is 7.28. The second kappa shape index (κ2) is 9.84. The molecule has 0 spiro atoms. The van der Waals surface area contributed by atoms with Gasteiger partial charge in [0.2, 0.25) is 5.91 Å². The summed E-state index contributed by atoms with van der Waals surface area (Å²) in [5.74, 6) is -0.329. The number of benzene rings is 1. The lowest BCUT2D eigenvalue weighted by molar-refractivity contribution is -0.137. The fourth-order valence-electron chi connectivity index (χ4n) is 3.49. The van der Waals surface area contributed by atoms with E-state index in [0.29, 0.717) is 48.3 Å². The Morgan fingerprint density at radius 1 is 1.29 bits per heavy atom. The minimum absolute atomic E-state index is 0.244. The van der Waals surface area contributed by atoms with Crippen molar-refractivity contribution in [1.29, 1.82) is 0 Å². The molecule has 1 fully saturated rings. The van der Waals surface area contributed by atoms with E-state index in [0.717, 1.165) is 12.1 Å². The van der Waals surface area contributed by atoms with Crippen molar-refractivity contribution in [2.75, 3.05) is 32.8 Å². The van der Waals surface area contributed by atoms with Crippen molar-refractivity contribution in [2.24, 2.45) is 7.05 Å². The monoisotopic (exact) mass is 456 g/mol. The van der Waals surface area contributed by atoms with Gasteiger partial charge in [-0.3, -0.25) is 14.4 Å². The molecule has 0 unspecified atom stereocenters. The van der Waals surface area contributed by atoms with Crippen molar-refractivity contribution in [2.45, 2.75) is 19.1 Å². The third-order valence-corrected chi connectivity index (χ3v) is 5.62. The number of halogens is 4. The fraction of sp³-hybridized carbons (Fsp3) is 0.429. The SMILES string of the molecule is Cc1nn(C)c(Cl)c1/C=C/C(=O)NC[C@H](c1ccc(C(F)(F)F)cc1)N1CCOCC1. The Labute approximate surface area is 183 Å². The van der Waals surface area contributed by atoms with E-state index in [1.807, 2.05) is 0 Å². The van der Waals surface area contributed by atoms with Gasteiger partial charge in [0.15, 0.2) is 0 Å². The highest BCUT2D eigenvalue weighted by atomic mass is 35.5. The lowest BCUT2D eigenvalue weighted by Gasteiger charge is -2.35. The lowest BCUT2D eigenvalue weighted by atomic mass is 10.0. The lowest BCUT2D eigenvalue weighted by Crippen LogP contribution is -2.43. The van der Waals surface area contributed by atoms with Crippen molar-refractivity contribution in [3.05, 3.63) is 57.9 Å². The van der Waals surface area contributed by atoms with E-state index in [1.165, 1.54) is 22.9 Å². The predicted molar refractivity (Wildman–Crippen MR) is 112 cm³/mol. The van der Waals surface area contributed by atoms with Gasteiger partial charge >= 0.3 is 6.18 Å². The molecule has 168 valence electrons. The van der Waals surface area contributed by atoms with Gasteiger partial charge in [0.25, 0.3) is 0 Å². The predicted octanol–water partition coefficient (Wildman–Crippen LogP) is 3.60. The number of morpholine rings is 1. The number of rotatable bonds is 6. The maximum Gasteiger partial charge on any atom is 0.416 e. The van der Waals surface area contributed by atoms with Gasteiger partial charge in [0, 0.05) is 38.3 Å². The van der Waals surface area contributed by atoms with Crippen LogP contribution in [0.2, 0.25) is 5.15 Å². The number of nitrogens with zero attached hydrogens (tertiary/aromatic N) is 3. The zero-order valence-corrected chi connectivity index (χ0v) is 18.0. The van der Waals surface area contributed by atoms with E-state index in [-0.39, 0.29) is 18.5 Å². The topological polar surface area (TPSA) is 59.4 Å². The average molecular weight is 457 g/mol. The van der Waals surface area contributed by atoms with Crippen LogP contribution in [-0.4, -0.2) is 53.4 Å². The first-order valence-corrected chi connectivity index (χ1v) is 10.2. The summed E-state index contributed by atoms with van der Waals surface area (Å²) in [6.07, 6.45) is -1.42. The van der Waals surface area contributed by atoms with Gasteiger partial charge in [-0.1, -0.05) is 23.7 Å². The molecule has 0 aliphatic carbocycles. The zero-order valence-electron chi connectivity index (χ0n) is 17.2. The van der Waals surface area contributed by atoms with E-state index < -0.39 is 11.7 Å². The van der Waals surface area contributed by atoms with Gasteiger partial charge < -0.3 is 10.1 Å². The number of nitrogens with one attached hydrogen (secondary N) is 1. The van der Waals surface area contributed by atoms with Crippen LogP contribution in [0, 0.1) is 6.92 Å².